The van der Waals surface area contributed by atoms with Gasteiger partial charge in [0.1, 0.15) is 0 Å². The van der Waals surface area contributed by atoms with Gasteiger partial charge < -0.3 is 5.73 Å². The highest BCUT2D eigenvalue weighted by Gasteiger charge is 2.07. The molecule has 2 aromatic rings. The number of hydrogen-bond acceptors (Lipinski definition) is 2. The maximum atomic E-state index is 5.55. The third kappa shape index (κ3) is 3.04. The molecule has 1 unspecified atom stereocenters. The molecule has 0 fully saturated rings. The second-order valence-electron chi connectivity index (χ2n) is 4.73. The molecule has 0 aliphatic carbocycles. The predicted molar refractivity (Wildman–Crippen MR) is 72.9 cm³/mol. The summed E-state index contributed by atoms with van der Waals surface area (Å²) >= 11 is 0. The zero-order valence-electron chi connectivity index (χ0n) is 10.4. The van der Waals surface area contributed by atoms with Crippen LogP contribution in [0, 0.1) is 5.92 Å². The lowest BCUT2D eigenvalue weighted by Crippen LogP contribution is -2.05. The fourth-order valence-electron chi connectivity index (χ4n) is 2.28. The molecule has 1 aromatic carbocycles. The van der Waals surface area contributed by atoms with Crippen LogP contribution < -0.4 is 5.73 Å². The van der Waals surface area contributed by atoms with Crippen LogP contribution in [-0.4, -0.2) is 11.5 Å². The van der Waals surface area contributed by atoms with Crippen LogP contribution in [0.5, 0.6) is 0 Å². The number of benzene rings is 1. The summed E-state index contributed by atoms with van der Waals surface area (Å²) in [6, 6.07) is 10.5. The molecular formula is C15H20N2. The van der Waals surface area contributed by atoms with Crippen molar-refractivity contribution in [3.63, 3.8) is 0 Å². The van der Waals surface area contributed by atoms with Gasteiger partial charge in [0.05, 0.1) is 5.52 Å². The number of fused-ring (bicyclic) bond motifs is 1. The molecule has 1 aromatic heterocycles. The molecular weight excluding hydrogens is 208 g/mol. The highest BCUT2D eigenvalue weighted by Crippen LogP contribution is 2.20. The maximum absolute atomic E-state index is 5.55. The minimum atomic E-state index is 0.672. The Bertz CT molecular complexity index is 474. The van der Waals surface area contributed by atoms with Gasteiger partial charge in [0.25, 0.3) is 0 Å². The van der Waals surface area contributed by atoms with Crippen LogP contribution in [0.1, 0.15) is 25.3 Å². The van der Waals surface area contributed by atoms with Crippen LogP contribution >= 0.6 is 0 Å². The number of hydrogen-bond donors (Lipinski definition) is 1. The van der Waals surface area contributed by atoms with Gasteiger partial charge in [-0.05, 0) is 43.4 Å². The Morgan fingerprint density at radius 2 is 2.06 bits per heavy atom. The van der Waals surface area contributed by atoms with Gasteiger partial charge in [-0.15, -0.1) is 0 Å². The topological polar surface area (TPSA) is 38.9 Å². The van der Waals surface area contributed by atoms with E-state index in [2.05, 4.69) is 36.2 Å². The van der Waals surface area contributed by atoms with Crippen LogP contribution in [0.3, 0.4) is 0 Å². The van der Waals surface area contributed by atoms with E-state index in [-0.39, 0.29) is 0 Å². The average molecular weight is 228 g/mol. The molecule has 2 nitrogen and oxygen atoms in total. The first kappa shape index (κ1) is 12.1. The van der Waals surface area contributed by atoms with Crippen LogP contribution in [0.25, 0.3) is 10.9 Å². The minimum absolute atomic E-state index is 0.672. The van der Waals surface area contributed by atoms with Crippen molar-refractivity contribution in [2.75, 3.05) is 6.54 Å². The molecule has 17 heavy (non-hydrogen) atoms. The standard InChI is InChI=1S/C15H20N2/c1-12(5-3-9-16)11-14-7-2-6-13-8-4-10-17-15(13)14/h2,4,6-8,10,12H,3,5,9,11,16H2,1H3. The predicted octanol–water partition coefficient (Wildman–Crippen LogP) is 3.15. The lowest BCUT2D eigenvalue weighted by atomic mass is 9.95. The summed E-state index contributed by atoms with van der Waals surface area (Å²) in [7, 11) is 0. The van der Waals surface area contributed by atoms with Gasteiger partial charge >= 0.3 is 0 Å². The van der Waals surface area contributed by atoms with E-state index < -0.39 is 0 Å². The minimum Gasteiger partial charge on any atom is -0.330 e. The van der Waals surface area contributed by atoms with E-state index in [4.69, 9.17) is 5.73 Å². The monoisotopic (exact) mass is 228 g/mol. The van der Waals surface area contributed by atoms with Gasteiger partial charge in [0.2, 0.25) is 0 Å². The first-order valence-corrected chi connectivity index (χ1v) is 6.34. The molecule has 1 atom stereocenters. The number of pyridine rings is 1. The van der Waals surface area contributed by atoms with Crippen LogP contribution in [0.2, 0.25) is 0 Å². The molecule has 0 bridgehead atoms. The second-order valence-corrected chi connectivity index (χ2v) is 4.73. The van der Waals surface area contributed by atoms with Gasteiger partial charge in [-0.1, -0.05) is 31.2 Å². The Hall–Kier alpha value is -1.41. The van der Waals surface area contributed by atoms with Crippen LogP contribution in [-0.2, 0) is 6.42 Å². The van der Waals surface area contributed by atoms with Gasteiger partial charge in [0, 0.05) is 11.6 Å². The van der Waals surface area contributed by atoms with Crippen LogP contribution in [0.4, 0.5) is 0 Å². The summed E-state index contributed by atoms with van der Waals surface area (Å²) in [5.74, 6) is 0.672. The Balaban J connectivity index is 2.18. The Morgan fingerprint density at radius 3 is 2.88 bits per heavy atom. The first-order chi connectivity index (χ1) is 8.31. The molecule has 0 amide bonds. The molecule has 0 saturated heterocycles. The summed E-state index contributed by atoms with van der Waals surface area (Å²) in [4.78, 5) is 4.49. The van der Waals surface area contributed by atoms with Crippen molar-refractivity contribution in [2.24, 2.45) is 11.7 Å². The van der Waals surface area contributed by atoms with Gasteiger partial charge in [0.15, 0.2) is 0 Å². The highest BCUT2D eigenvalue weighted by molar-refractivity contribution is 5.81. The van der Waals surface area contributed by atoms with Gasteiger partial charge in [-0.3, -0.25) is 4.98 Å². The van der Waals surface area contributed by atoms with Gasteiger partial charge in [-0.25, -0.2) is 0 Å². The molecule has 2 rings (SSSR count). The fourth-order valence-corrected chi connectivity index (χ4v) is 2.28. The van der Waals surface area contributed by atoms with E-state index in [1.807, 2.05) is 12.3 Å². The summed E-state index contributed by atoms with van der Waals surface area (Å²) in [5, 5.41) is 1.23. The summed E-state index contributed by atoms with van der Waals surface area (Å²) in [6.07, 6.45) is 5.27. The molecule has 0 radical (unpaired) electrons. The molecule has 1 heterocycles. The lowest BCUT2D eigenvalue weighted by molar-refractivity contribution is 0.513. The molecule has 2 heteroatoms. The Morgan fingerprint density at radius 1 is 1.24 bits per heavy atom. The quantitative estimate of drug-likeness (QED) is 0.853. The van der Waals surface area contributed by atoms with Crippen molar-refractivity contribution in [3.8, 4) is 0 Å². The maximum Gasteiger partial charge on any atom is 0.0733 e. The Kier molecular flexibility index (Phi) is 4.10. The zero-order chi connectivity index (χ0) is 12.1. The summed E-state index contributed by atoms with van der Waals surface area (Å²) in [5.41, 5.74) is 8.05. The fraction of sp³-hybridized carbons (Fsp3) is 0.400. The number of aromatic nitrogens is 1. The summed E-state index contributed by atoms with van der Waals surface area (Å²) < 4.78 is 0. The van der Waals surface area contributed by atoms with E-state index >= 15 is 0 Å². The molecule has 2 N–H and O–H groups in total. The molecule has 0 spiro atoms. The van der Waals surface area contributed by atoms with Crippen LogP contribution in [0.15, 0.2) is 36.5 Å². The van der Waals surface area contributed by atoms with E-state index in [1.165, 1.54) is 17.4 Å². The van der Waals surface area contributed by atoms with Crippen molar-refractivity contribution in [1.82, 2.24) is 4.98 Å². The van der Waals surface area contributed by atoms with E-state index in [0.29, 0.717) is 5.92 Å². The van der Waals surface area contributed by atoms with Crippen molar-refractivity contribution in [3.05, 3.63) is 42.1 Å². The number of nitrogens with zero attached hydrogens (tertiary/aromatic N) is 1. The third-order valence-corrected chi connectivity index (χ3v) is 3.19. The first-order valence-electron chi connectivity index (χ1n) is 6.34. The SMILES string of the molecule is CC(CCCN)Cc1cccc2cccnc12. The number of nitrogens with two attached hydrogens (primary N) is 1. The average Bonchev–Trinajstić information content (AvgIpc) is 2.37. The van der Waals surface area contributed by atoms with Gasteiger partial charge in [-0.2, -0.15) is 0 Å². The molecule has 90 valence electrons. The second kappa shape index (κ2) is 5.78. The van der Waals surface area contributed by atoms with E-state index in [1.54, 1.807) is 0 Å². The largest absolute Gasteiger partial charge is 0.330 e. The number of para-hydroxylation sites is 1. The van der Waals surface area contributed by atoms with E-state index in [9.17, 15) is 0 Å². The summed E-state index contributed by atoms with van der Waals surface area (Å²) in [6.45, 7) is 3.08. The number of rotatable bonds is 5. The molecule has 0 aliphatic rings. The van der Waals surface area contributed by atoms with Crippen molar-refractivity contribution in [1.29, 1.82) is 0 Å². The normalized spacial score (nSPS) is 12.8. The Labute approximate surface area is 103 Å². The van der Waals surface area contributed by atoms with Crippen molar-refractivity contribution >= 4 is 10.9 Å². The zero-order valence-corrected chi connectivity index (χ0v) is 10.4. The molecule has 0 aliphatic heterocycles. The highest BCUT2D eigenvalue weighted by atomic mass is 14.6. The van der Waals surface area contributed by atoms with Crippen molar-refractivity contribution in [2.45, 2.75) is 26.2 Å². The van der Waals surface area contributed by atoms with E-state index in [0.717, 1.165) is 24.9 Å². The van der Waals surface area contributed by atoms with Crippen molar-refractivity contribution < 1.29 is 0 Å². The smallest absolute Gasteiger partial charge is 0.0733 e. The third-order valence-electron chi connectivity index (χ3n) is 3.19. The molecule has 0 saturated carbocycles. The lowest BCUT2D eigenvalue weighted by Gasteiger charge is -2.12.